The van der Waals surface area contributed by atoms with Crippen molar-refractivity contribution in [3.8, 4) is 22.3 Å². The third kappa shape index (κ3) is 3.75. The number of fused-ring (bicyclic) bond motifs is 6. The zero-order chi connectivity index (χ0) is 28.1. The molecule has 0 bridgehead atoms. The van der Waals surface area contributed by atoms with Gasteiger partial charge in [-0.3, -0.25) is 0 Å². The molecule has 202 valence electrons. The van der Waals surface area contributed by atoms with Crippen molar-refractivity contribution in [1.82, 2.24) is 0 Å². The van der Waals surface area contributed by atoms with E-state index in [4.69, 9.17) is 6.64 Å². The van der Waals surface area contributed by atoms with Crippen molar-refractivity contribution in [1.29, 1.82) is 0 Å². The number of hydrogen-bond acceptors (Lipinski definition) is 4. The first kappa shape index (κ1) is 26.9. The van der Waals surface area contributed by atoms with Crippen LogP contribution in [0.4, 0.5) is 0 Å². The van der Waals surface area contributed by atoms with E-state index in [0.717, 1.165) is 42.8 Å². The Kier molecular flexibility index (Phi) is 6.73. The minimum absolute atomic E-state index is 0.211. The van der Waals surface area contributed by atoms with E-state index in [2.05, 4.69) is 98.0 Å². The van der Waals surface area contributed by atoms with Crippen LogP contribution in [-0.4, -0.2) is 18.1 Å². The molecule has 0 aliphatic heterocycles. The number of rotatable bonds is 6. The summed E-state index contributed by atoms with van der Waals surface area (Å²) < 4.78 is 15.9. The summed E-state index contributed by atoms with van der Waals surface area (Å²) in [6.07, 6.45) is 0.249. The third-order valence-electron chi connectivity index (χ3n) is 8.78. The molecule has 0 saturated carbocycles. The van der Waals surface area contributed by atoms with E-state index in [-0.39, 0.29) is 24.8 Å². The topological polar surface area (TPSA) is 52.6 Å². The molecule has 0 aromatic heterocycles. The molecular weight excluding hydrogens is 548 g/mol. The molecule has 0 saturated heterocycles. The first-order valence-corrected chi connectivity index (χ1v) is 21.8. The van der Waals surface area contributed by atoms with Crippen molar-refractivity contribution >= 4 is 25.9 Å². The maximum atomic E-state index is 13.6. The van der Waals surface area contributed by atoms with Crippen LogP contribution in [0.25, 0.3) is 22.3 Å². The van der Waals surface area contributed by atoms with Gasteiger partial charge in [0.2, 0.25) is 0 Å². The molecule has 0 unspecified atom stereocenters. The average molecular weight is 583 g/mol. The molecule has 2 aliphatic carbocycles. The molecule has 4 nitrogen and oxygen atoms in total. The van der Waals surface area contributed by atoms with Crippen LogP contribution in [-0.2, 0) is 43.9 Å². The van der Waals surface area contributed by atoms with Crippen LogP contribution < -0.4 is 7.74 Å². The van der Waals surface area contributed by atoms with Gasteiger partial charge in [-0.15, -0.1) is 0 Å². The summed E-state index contributed by atoms with van der Waals surface area (Å²) in [4.78, 5) is 27.3. The molecule has 0 N–H and O–H groups in total. The van der Waals surface area contributed by atoms with Crippen molar-refractivity contribution in [2.45, 2.75) is 52.6 Å². The predicted molar refractivity (Wildman–Crippen MR) is 159 cm³/mol. The minimum atomic E-state index is -5.41. The summed E-state index contributed by atoms with van der Waals surface area (Å²) in [6, 6.07) is 29.5. The molecule has 0 heterocycles. The number of carbonyl (C=O) groups excluding carboxylic acids is 2. The molecule has 6 rings (SSSR count). The zero-order valence-corrected chi connectivity index (χ0v) is 26.1. The Balaban J connectivity index is 1.79. The SMILES string of the molecule is CCC(=O)[O][Ti]([O]C(=O)CC)([c]1cccc2c1Cc1ccccc1-2)([c]1cccc2c1Cc1ccccc1-2)=[Si](C)C. The summed E-state index contributed by atoms with van der Waals surface area (Å²) in [7, 11) is 0. The van der Waals surface area contributed by atoms with E-state index in [1.165, 1.54) is 22.3 Å². The summed E-state index contributed by atoms with van der Waals surface area (Å²) in [6.45, 7) is 7.99. The molecule has 2 aliphatic rings. The normalized spacial score (nSPS) is 13.1. The van der Waals surface area contributed by atoms with Crippen molar-refractivity contribution in [2.24, 2.45) is 0 Å². The molecule has 4 aromatic carbocycles. The monoisotopic (exact) mass is 582 g/mol. The van der Waals surface area contributed by atoms with Gasteiger partial charge in [0.1, 0.15) is 0 Å². The molecule has 0 radical (unpaired) electrons. The second kappa shape index (κ2) is 9.99. The van der Waals surface area contributed by atoms with Gasteiger partial charge in [-0.1, -0.05) is 0 Å². The maximum absolute atomic E-state index is 13.6. The van der Waals surface area contributed by atoms with Crippen molar-refractivity contribution < 1.29 is 31.0 Å². The number of hydrogen-bond donors (Lipinski definition) is 0. The van der Waals surface area contributed by atoms with E-state index in [1.807, 2.05) is 13.8 Å². The van der Waals surface area contributed by atoms with Crippen molar-refractivity contribution in [2.75, 3.05) is 0 Å². The predicted octanol–water partition coefficient (Wildman–Crippen LogP) is 6.46. The van der Waals surface area contributed by atoms with Gasteiger partial charge in [-0.25, -0.2) is 0 Å². The summed E-state index contributed by atoms with van der Waals surface area (Å²) in [5, 5.41) is 0. The first-order valence-electron chi connectivity index (χ1n) is 14.2. The third-order valence-corrected chi connectivity index (χ3v) is 28.6. The van der Waals surface area contributed by atoms with Gasteiger partial charge in [-0.2, -0.15) is 0 Å². The fraction of sp³-hybridized carbons (Fsp3) is 0.235. The van der Waals surface area contributed by atoms with Gasteiger partial charge in [0.05, 0.1) is 0 Å². The van der Waals surface area contributed by atoms with Crippen molar-refractivity contribution in [3.63, 3.8) is 0 Å². The molecule has 6 heteroatoms. The Morgan fingerprint density at radius 3 is 1.43 bits per heavy atom. The van der Waals surface area contributed by atoms with E-state index in [9.17, 15) is 9.59 Å². The molecule has 0 fully saturated rings. The summed E-state index contributed by atoms with van der Waals surface area (Å²) in [5.41, 5.74) is 9.43. The first-order chi connectivity index (χ1) is 19.3. The van der Waals surface area contributed by atoms with Gasteiger partial charge in [0.25, 0.3) is 0 Å². The molecular formula is C34H34O4SiTi. The summed E-state index contributed by atoms with van der Waals surface area (Å²) >= 11 is -5.41. The van der Waals surface area contributed by atoms with Gasteiger partial charge in [-0.05, 0) is 0 Å². The Bertz CT molecular complexity index is 1660. The van der Waals surface area contributed by atoms with Crippen LogP contribution in [0.15, 0.2) is 84.9 Å². The van der Waals surface area contributed by atoms with Crippen LogP contribution in [0.3, 0.4) is 0 Å². The second-order valence-electron chi connectivity index (χ2n) is 11.1. The molecule has 0 spiro atoms. The van der Waals surface area contributed by atoms with Gasteiger partial charge >= 0.3 is 239 Å². The molecule has 40 heavy (non-hydrogen) atoms. The van der Waals surface area contributed by atoms with Gasteiger partial charge < -0.3 is 0 Å². The fourth-order valence-corrected chi connectivity index (χ4v) is 24.9. The zero-order valence-electron chi connectivity index (χ0n) is 23.5. The summed E-state index contributed by atoms with van der Waals surface area (Å²) in [5.74, 6) is -0.623. The number of benzene rings is 4. The quantitative estimate of drug-likeness (QED) is 0.212. The molecule has 4 aromatic rings. The Hall–Kier alpha value is -3.25. The van der Waals surface area contributed by atoms with Crippen LogP contribution >= 0.6 is 0 Å². The Morgan fingerprint density at radius 2 is 1.02 bits per heavy atom. The van der Waals surface area contributed by atoms with E-state index < -0.39 is 21.0 Å². The van der Waals surface area contributed by atoms with Crippen LogP contribution in [0, 0.1) is 0 Å². The van der Waals surface area contributed by atoms with Crippen LogP contribution in [0.5, 0.6) is 0 Å². The van der Waals surface area contributed by atoms with Gasteiger partial charge in [0, 0.05) is 0 Å². The van der Waals surface area contributed by atoms with Crippen LogP contribution in [0.2, 0.25) is 13.1 Å². The van der Waals surface area contributed by atoms with E-state index in [1.54, 1.807) is 0 Å². The van der Waals surface area contributed by atoms with E-state index in [0.29, 0.717) is 0 Å². The van der Waals surface area contributed by atoms with Crippen molar-refractivity contribution in [3.05, 3.63) is 107 Å². The molecule has 0 atom stereocenters. The van der Waals surface area contributed by atoms with Crippen LogP contribution in [0.1, 0.15) is 48.9 Å². The number of carbonyl (C=O) groups is 2. The van der Waals surface area contributed by atoms with E-state index >= 15 is 0 Å². The molecule has 0 amide bonds. The standard InChI is InChI=1S/2C13H9.2C3H6O2.C2H6Si.Ti/c2*1-3-7-12-10(5-1)9-11-6-2-4-8-13(11)12;2*1-2-3(4)5;1-3-2;/h2*1-5,7-8H,9H2;2*2H2,1H3,(H,4,5);1-2H3;/q;;;;;+2/p-2. The average Bonchev–Trinajstić information content (AvgIpc) is 3.55. The second-order valence-corrected chi connectivity index (χ2v) is 27.2. The Labute approximate surface area is 238 Å². The fourth-order valence-electron chi connectivity index (χ4n) is 6.87. The Morgan fingerprint density at radius 1 is 0.625 bits per heavy atom. The van der Waals surface area contributed by atoms with Gasteiger partial charge in [0.15, 0.2) is 0 Å².